The Morgan fingerprint density at radius 3 is 2.38 bits per heavy atom. The van der Waals surface area contributed by atoms with Crippen LogP contribution in [0.3, 0.4) is 0 Å². The number of nitrogens with zero attached hydrogens (tertiary/aromatic N) is 2. The van der Waals surface area contributed by atoms with E-state index in [4.69, 9.17) is 0 Å². The van der Waals surface area contributed by atoms with E-state index in [9.17, 15) is 26.4 Å². The van der Waals surface area contributed by atoms with Crippen molar-refractivity contribution in [3.63, 3.8) is 0 Å². The molecule has 1 N–H and O–H groups in total. The third-order valence-electron chi connectivity index (χ3n) is 4.91. The first kappa shape index (κ1) is 19.1. The third-order valence-corrected chi connectivity index (χ3v) is 6.66. The van der Waals surface area contributed by atoms with Crippen LogP contribution in [0.15, 0.2) is 18.3 Å². The lowest BCUT2D eigenvalue weighted by Gasteiger charge is -2.35. The Balaban J connectivity index is 1.50. The van der Waals surface area contributed by atoms with Gasteiger partial charge in [0.15, 0.2) is 9.84 Å². The van der Waals surface area contributed by atoms with Crippen LogP contribution in [0.4, 0.5) is 13.2 Å². The first-order chi connectivity index (χ1) is 12.1. The molecular formula is C16H20F3N3O3S. The molecule has 0 spiro atoms. The summed E-state index contributed by atoms with van der Waals surface area (Å²) in [7, 11) is -2.93. The molecule has 0 bridgehead atoms. The van der Waals surface area contributed by atoms with Crippen molar-refractivity contribution in [2.45, 2.75) is 37.5 Å². The molecule has 10 heteroatoms. The molecule has 1 aromatic heterocycles. The number of amides is 1. The summed E-state index contributed by atoms with van der Waals surface area (Å²) in [6.07, 6.45) is -1.60. The fourth-order valence-electron chi connectivity index (χ4n) is 3.44. The molecule has 3 heterocycles. The molecule has 0 saturated carbocycles. The molecule has 3 rings (SSSR count). The predicted molar refractivity (Wildman–Crippen MR) is 88.4 cm³/mol. The number of sulfone groups is 1. The van der Waals surface area contributed by atoms with Gasteiger partial charge in [-0.25, -0.2) is 8.42 Å². The van der Waals surface area contributed by atoms with Crippen molar-refractivity contribution in [2.24, 2.45) is 0 Å². The second-order valence-electron chi connectivity index (χ2n) is 6.77. The molecule has 2 aliphatic heterocycles. The number of likely N-dealkylation sites (tertiary alicyclic amines) is 1. The van der Waals surface area contributed by atoms with Gasteiger partial charge in [-0.1, -0.05) is 0 Å². The average Bonchev–Trinajstić information content (AvgIpc) is 2.95. The van der Waals surface area contributed by atoms with Crippen molar-refractivity contribution in [2.75, 3.05) is 24.6 Å². The van der Waals surface area contributed by atoms with E-state index in [1.165, 1.54) is 0 Å². The summed E-state index contributed by atoms with van der Waals surface area (Å²) < 4.78 is 60.7. The van der Waals surface area contributed by atoms with Crippen molar-refractivity contribution < 1.29 is 26.4 Å². The Labute approximate surface area is 149 Å². The van der Waals surface area contributed by atoms with Crippen LogP contribution < -0.4 is 5.32 Å². The largest absolute Gasteiger partial charge is 0.433 e. The van der Waals surface area contributed by atoms with E-state index in [-0.39, 0.29) is 29.2 Å². The molecule has 144 valence electrons. The lowest BCUT2D eigenvalue weighted by molar-refractivity contribution is -0.141. The van der Waals surface area contributed by atoms with Crippen molar-refractivity contribution in [1.82, 2.24) is 15.2 Å². The van der Waals surface area contributed by atoms with Gasteiger partial charge >= 0.3 is 6.18 Å². The van der Waals surface area contributed by atoms with E-state index in [0.29, 0.717) is 32.4 Å². The van der Waals surface area contributed by atoms with E-state index >= 15 is 0 Å². The van der Waals surface area contributed by atoms with E-state index in [2.05, 4.69) is 15.2 Å². The number of halogens is 3. The first-order valence-electron chi connectivity index (χ1n) is 8.43. The maximum Gasteiger partial charge on any atom is 0.433 e. The molecule has 6 nitrogen and oxygen atoms in total. The fourth-order valence-corrected chi connectivity index (χ4v) is 5.20. The van der Waals surface area contributed by atoms with Crippen LogP contribution in [0.1, 0.15) is 35.3 Å². The Bertz CT molecular complexity index is 757. The van der Waals surface area contributed by atoms with E-state index in [1.807, 2.05) is 0 Å². The van der Waals surface area contributed by atoms with Gasteiger partial charge in [0.05, 0.1) is 17.1 Å². The lowest BCUT2D eigenvalue weighted by Crippen LogP contribution is -2.48. The van der Waals surface area contributed by atoms with Crippen LogP contribution in [0.5, 0.6) is 0 Å². The number of carbonyl (C=O) groups excluding carboxylic acids is 1. The van der Waals surface area contributed by atoms with Gasteiger partial charge in [-0.05, 0) is 31.4 Å². The molecule has 26 heavy (non-hydrogen) atoms. The summed E-state index contributed by atoms with van der Waals surface area (Å²) in [5, 5.41) is 2.82. The molecule has 0 radical (unpaired) electrons. The standard InChI is InChI=1S/C16H20F3N3O3S/c17-16(18,19)14-2-1-11(9-20-14)15(23)21-12-3-6-22(7-4-12)13-5-8-26(24,25)10-13/h1-2,9,12-13H,3-8,10H2,(H,21,23)/t13-/m1/s1. The zero-order valence-corrected chi connectivity index (χ0v) is 14.8. The van der Waals surface area contributed by atoms with Gasteiger partial charge in [-0.15, -0.1) is 0 Å². The summed E-state index contributed by atoms with van der Waals surface area (Å²) in [6, 6.07) is 1.87. The van der Waals surface area contributed by atoms with Gasteiger partial charge in [-0.2, -0.15) is 13.2 Å². The minimum atomic E-state index is -4.53. The van der Waals surface area contributed by atoms with Crippen molar-refractivity contribution in [3.05, 3.63) is 29.6 Å². The first-order valence-corrected chi connectivity index (χ1v) is 10.2. The number of piperidine rings is 1. The Hall–Kier alpha value is -1.68. The van der Waals surface area contributed by atoms with Crippen molar-refractivity contribution in [1.29, 1.82) is 0 Å². The van der Waals surface area contributed by atoms with Crippen LogP contribution in [0, 0.1) is 0 Å². The zero-order chi connectivity index (χ0) is 18.9. The molecule has 2 saturated heterocycles. The fraction of sp³-hybridized carbons (Fsp3) is 0.625. The molecule has 0 aromatic carbocycles. The second kappa shape index (κ2) is 7.15. The quantitative estimate of drug-likeness (QED) is 0.845. The zero-order valence-electron chi connectivity index (χ0n) is 14.0. The number of pyridine rings is 1. The van der Waals surface area contributed by atoms with Gasteiger partial charge in [0.25, 0.3) is 5.91 Å². The molecule has 0 aliphatic carbocycles. The highest BCUT2D eigenvalue weighted by Gasteiger charge is 2.35. The van der Waals surface area contributed by atoms with E-state index in [0.717, 1.165) is 18.3 Å². The number of carbonyl (C=O) groups is 1. The second-order valence-corrected chi connectivity index (χ2v) is 9.00. The summed E-state index contributed by atoms with van der Waals surface area (Å²) in [6.45, 7) is 1.38. The maximum atomic E-state index is 12.5. The SMILES string of the molecule is O=C(NC1CCN([C@@H]2CCS(=O)(=O)C2)CC1)c1ccc(C(F)(F)F)nc1. The minimum absolute atomic E-state index is 0.0516. The van der Waals surface area contributed by atoms with Crippen LogP contribution in [-0.2, 0) is 16.0 Å². The summed E-state index contributed by atoms with van der Waals surface area (Å²) >= 11 is 0. The van der Waals surface area contributed by atoms with Crippen LogP contribution in [0.2, 0.25) is 0 Å². The highest BCUT2D eigenvalue weighted by molar-refractivity contribution is 7.91. The number of rotatable bonds is 3. The minimum Gasteiger partial charge on any atom is -0.349 e. The third kappa shape index (κ3) is 4.53. The van der Waals surface area contributed by atoms with E-state index in [1.54, 1.807) is 0 Å². The molecule has 1 amide bonds. The Kier molecular flexibility index (Phi) is 5.25. The molecule has 1 atom stereocenters. The highest BCUT2D eigenvalue weighted by Crippen LogP contribution is 2.27. The van der Waals surface area contributed by atoms with Crippen molar-refractivity contribution >= 4 is 15.7 Å². The van der Waals surface area contributed by atoms with Gasteiger partial charge in [0, 0.05) is 31.4 Å². The van der Waals surface area contributed by atoms with Crippen LogP contribution in [0.25, 0.3) is 0 Å². The van der Waals surface area contributed by atoms with Gasteiger partial charge in [0.1, 0.15) is 5.69 Å². The van der Waals surface area contributed by atoms with E-state index < -0.39 is 27.6 Å². The Morgan fingerprint density at radius 1 is 1.19 bits per heavy atom. The topological polar surface area (TPSA) is 79.4 Å². The average molecular weight is 391 g/mol. The van der Waals surface area contributed by atoms with Gasteiger partial charge in [0.2, 0.25) is 0 Å². The summed E-state index contributed by atoms with van der Waals surface area (Å²) in [5.74, 6) is -0.0237. The van der Waals surface area contributed by atoms with Crippen molar-refractivity contribution in [3.8, 4) is 0 Å². The lowest BCUT2D eigenvalue weighted by atomic mass is 10.0. The summed E-state index contributed by atoms with van der Waals surface area (Å²) in [5.41, 5.74) is -0.948. The smallest absolute Gasteiger partial charge is 0.349 e. The number of nitrogens with one attached hydrogen (secondary N) is 1. The molecular weight excluding hydrogens is 371 g/mol. The Morgan fingerprint density at radius 2 is 1.88 bits per heavy atom. The number of alkyl halides is 3. The molecule has 2 aliphatic rings. The molecule has 2 fully saturated rings. The van der Waals surface area contributed by atoms with Gasteiger partial charge < -0.3 is 5.32 Å². The molecule has 1 aromatic rings. The normalized spacial score (nSPS) is 24.5. The number of aromatic nitrogens is 1. The van der Waals surface area contributed by atoms with Crippen LogP contribution in [-0.4, -0.2) is 60.9 Å². The van der Waals surface area contributed by atoms with Crippen LogP contribution >= 0.6 is 0 Å². The summed E-state index contributed by atoms with van der Waals surface area (Å²) in [4.78, 5) is 17.6. The maximum absolute atomic E-state index is 12.5. The van der Waals surface area contributed by atoms with Gasteiger partial charge in [-0.3, -0.25) is 14.7 Å². The monoisotopic (exact) mass is 391 g/mol. The molecule has 0 unspecified atom stereocenters. The number of hydrogen-bond donors (Lipinski definition) is 1. The number of hydrogen-bond acceptors (Lipinski definition) is 5. The highest BCUT2D eigenvalue weighted by atomic mass is 32.2. The predicted octanol–water partition coefficient (Wildman–Crippen LogP) is 1.48.